The van der Waals surface area contributed by atoms with E-state index in [-0.39, 0.29) is 29.8 Å². The molecule has 1 N–H and O–H groups in total. The van der Waals surface area contributed by atoms with Crippen molar-refractivity contribution in [1.29, 1.82) is 0 Å². The fourth-order valence-corrected chi connectivity index (χ4v) is 3.19. The zero-order valence-corrected chi connectivity index (χ0v) is 12.3. The van der Waals surface area contributed by atoms with Crippen molar-refractivity contribution in [2.24, 2.45) is 5.92 Å². The highest BCUT2D eigenvalue weighted by Crippen LogP contribution is 2.49. The number of piperazine rings is 1. The van der Waals surface area contributed by atoms with Gasteiger partial charge in [-0.3, -0.25) is 4.79 Å². The maximum Gasteiger partial charge on any atom is 0.226 e. The summed E-state index contributed by atoms with van der Waals surface area (Å²) in [6.45, 7) is 5.54. The minimum absolute atomic E-state index is 0.0736. The highest BCUT2D eigenvalue weighted by molar-refractivity contribution is 5.83. The molecule has 1 aliphatic heterocycles. The second-order valence-corrected chi connectivity index (χ2v) is 6.13. The molecule has 4 atom stereocenters. The van der Waals surface area contributed by atoms with Crippen molar-refractivity contribution < 1.29 is 13.6 Å². The zero-order chi connectivity index (χ0) is 15.1. The Hall–Kier alpha value is -1.49. The number of hydrogen-bond donors (Lipinski definition) is 1. The molecule has 2 fully saturated rings. The van der Waals surface area contributed by atoms with Crippen molar-refractivity contribution in [2.75, 3.05) is 13.1 Å². The first kappa shape index (κ1) is 14.4. The van der Waals surface area contributed by atoms with Crippen LogP contribution in [0.3, 0.4) is 0 Å². The summed E-state index contributed by atoms with van der Waals surface area (Å²) in [7, 11) is 0. The van der Waals surface area contributed by atoms with Crippen molar-refractivity contribution in [3.05, 3.63) is 35.4 Å². The lowest BCUT2D eigenvalue weighted by Crippen LogP contribution is -2.57. The Morgan fingerprint density at radius 3 is 2.86 bits per heavy atom. The number of amides is 1. The van der Waals surface area contributed by atoms with Gasteiger partial charge in [-0.15, -0.1) is 0 Å². The molecule has 1 heterocycles. The first-order valence-electron chi connectivity index (χ1n) is 7.48. The van der Waals surface area contributed by atoms with Crippen LogP contribution in [0.15, 0.2) is 18.2 Å². The molecule has 0 radical (unpaired) electrons. The van der Waals surface area contributed by atoms with Crippen LogP contribution in [0.2, 0.25) is 0 Å². The van der Waals surface area contributed by atoms with E-state index in [4.69, 9.17) is 0 Å². The van der Waals surface area contributed by atoms with Gasteiger partial charge >= 0.3 is 0 Å². The van der Waals surface area contributed by atoms with Crippen molar-refractivity contribution >= 4 is 5.91 Å². The second kappa shape index (κ2) is 5.37. The fraction of sp³-hybridized carbons (Fsp3) is 0.562. The van der Waals surface area contributed by atoms with Gasteiger partial charge < -0.3 is 10.2 Å². The Morgan fingerprint density at radius 1 is 1.33 bits per heavy atom. The summed E-state index contributed by atoms with van der Waals surface area (Å²) in [5.41, 5.74) is 0.337. The van der Waals surface area contributed by atoms with Gasteiger partial charge in [0.25, 0.3) is 0 Å². The molecule has 1 aromatic rings. The number of hydrogen-bond acceptors (Lipinski definition) is 2. The third kappa shape index (κ3) is 2.67. The van der Waals surface area contributed by atoms with E-state index in [9.17, 15) is 13.6 Å². The molecular formula is C16H20F2N2O. The fourth-order valence-electron chi connectivity index (χ4n) is 3.19. The lowest BCUT2D eigenvalue weighted by atomic mass is 10.0. The van der Waals surface area contributed by atoms with Crippen LogP contribution in [-0.4, -0.2) is 36.0 Å². The summed E-state index contributed by atoms with van der Waals surface area (Å²) in [4.78, 5) is 14.5. The number of nitrogens with zero attached hydrogens (tertiary/aromatic N) is 1. The van der Waals surface area contributed by atoms with Crippen molar-refractivity contribution in [1.82, 2.24) is 10.2 Å². The second-order valence-electron chi connectivity index (χ2n) is 6.13. The Morgan fingerprint density at radius 2 is 2.10 bits per heavy atom. The molecular weight excluding hydrogens is 274 g/mol. The normalized spacial score (nSPS) is 32.1. The van der Waals surface area contributed by atoms with Gasteiger partial charge in [-0.2, -0.15) is 0 Å². The first-order chi connectivity index (χ1) is 9.99. The van der Waals surface area contributed by atoms with Gasteiger partial charge in [0.1, 0.15) is 11.6 Å². The van der Waals surface area contributed by atoms with Crippen molar-refractivity contribution in [3.8, 4) is 0 Å². The van der Waals surface area contributed by atoms with E-state index in [0.717, 1.165) is 18.7 Å². The Labute approximate surface area is 123 Å². The molecule has 0 spiro atoms. The van der Waals surface area contributed by atoms with E-state index in [1.54, 1.807) is 0 Å². The summed E-state index contributed by atoms with van der Waals surface area (Å²) in [5, 5.41) is 3.33. The van der Waals surface area contributed by atoms with Crippen LogP contribution in [0.25, 0.3) is 0 Å². The monoisotopic (exact) mass is 294 g/mol. The summed E-state index contributed by atoms with van der Waals surface area (Å²) in [5.74, 6) is -1.17. The van der Waals surface area contributed by atoms with Gasteiger partial charge in [-0.05, 0) is 49.9 Å². The highest BCUT2D eigenvalue weighted by atomic mass is 19.1. The summed E-state index contributed by atoms with van der Waals surface area (Å²) in [6, 6.07) is 3.85. The SMILES string of the molecule is CC1NCCN(C(=O)C2CC2c2cc(F)ccc2F)C1C. The van der Waals surface area contributed by atoms with Gasteiger partial charge in [0.15, 0.2) is 0 Å². The molecule has 0 aromatic heterocycles. The average molecular weight is 294 g/mol. The van der Waals surface area contributed by atoms with Gasteiger partial charge in [0.2, 0.25) is 5.91 Å². The number of halogens is 2. The van der Waals surface area contributed by atoms with Gasteiger partial charge in [0, 0.05) is 31.1 Å². The maximum atomic E-state index is 13.8. The van der Waals surface area contributed by atoms with Gasteiger partial charge in [0.05, 0.1) is 0 Å². The minimum atomic E-state index is -0.450. The predicted octanol–water partition coefficient (Wildman–Crippen LogP) is 2.28. The molecule has 3 rings (SSSR count). The van der Waals surface area contributed by atoms with Crippen molar-refractivity contribution in [3.63, 3.8) is 0 Å². The largest absolute Gasteiger partial charge is 0.337 e. The molecule has 1 saturated carbocycles. The van der Waals surface area contributed by atoms with E-state index in [2.05, 4.69) is 12.2 Å². The smallest absolute Gasteiger partial charge is 0.226 e. The number of nitrogens with one attached hydrogen (secondary N) is 1. The van der Waals surface area contributed by atoms with Crippen LogP contribution < -0.4 is 5.32 Å². The summed E-state index contributed by atoms with van der Waals surface area (Å²) < 4.78 is 27.0. The number of carbonyl (C=O) groups is 1. The average Bonchev–Trinajstić information content (AvgIpc) is 3.24. The van der Waals surface area contributed by atoms with E-state index in [0.29, 0.717) is 18.5 Å². The Bertz CT molecular complexity index is 563. The number of rotatable bonds is 2. The maximum absolute atomic E-state index is 13.8. The molecule has 3 nitrogen and oxygen atoms in total. The Kier molecular flexibility index (Phi) is 3.69. The van der Waals surface area contributed by atoms with Crippen LogP contribution in [0.1, 0.15) is 31.7 Å². The first-order valence-corrected chi connectivity index (χ1v) is 7.48. The molecule has 1 amide bonds. The van der Waals surface area contributed by atoms with Gasteiger partial charge in [-0.25, -0.2) is 8.78 Å². The lowest BCUT2D eigenvalue weighted by molar-refractivity contribution is -0.136. The van der Waals surface area contributed by atoms with Crippen molar-refractivity contribution in [2.45, 2.75) is 38.3 Å². The van der Waals surface area contributed by atoms with E-state index >= 15 is 0 Å². The molecule has 2 aliphatic rings. The molecule has 5 heteroatoms. The van der Waals surface area contributed by atoms with Crippen LogP contribution in [0.5, 0.6) is 0 Å². The molecule has 0 bridgehead atoms. The highest BCUT2D eigenvalue weighted by Gasteiger charge is 2.48. The third-order valence-corrected chi connectivity index (χ3v) is 4.78. The van der Waals surface area contributed by atoms with E-state index in [1.807, 2.05) is 11.8 Å². The van der Waals surface area contributed by atoms with Crippen LogP contribution in [0, 0.1) is 17.6 Å². The zero-order valence-electron chi connectivity index (χ0n) is 12.3. The van der Waals surface area contributed by atoms with Crippen LogP contribution in [0.4, 0.5) is 8.78 Å². The third-order valence-electron chi connectivity index (χ3n) is 4.78. The lowest BCUT2D eigenvalue weighted by Gasteiger charge is -2.38. The number of carbonyl (C=O) groups excluding carboxylic acids is 1. The Balaban J connectivity index is 1.72. The quantitative estimate of drug-likeness (QED) is 0.907. The summed E-state index contributed by atoms with van der Waals surface area (Å²) >= 11 is 0. The molecule has 1 aliphatic carbocycles. The van der Waals surface area contributed by atoms with Crippen LogP contribution in [-0.2, 0) is 4.79 Å². The molecule has 1 aromatic carbocycles. The van der Waals surface area contributed by atoms with Crippen LogP contribution >= 0.6 is 0 Å². The topological polar surface area (TPSA) is 32.3 Å². The summed E-state index contributed by atoms with van der Waals surface area (Å²) in [6.07, 6.45) is 0.615. The standard InChI is InChI=1S/C16H20F2N2O/c1-9-10(2)20(6-5-19-9)16(21)14-8-12(14)13-7-11(17)3-4-15(13)18/h3-4,7,9-10,12,14,19H,5-6,8H2,1-2H3. The van der Waals surface area contributed by atoms with E-state index < -0.39 is 11.6 Å². The number of benzene rings is 1. The molecule has 4 unspecified atom stereocenters. The van der Waals surface area contributed by atoms with Gasteiger partial charge in [-0.1, -0.05) is 0 Å². The molecule has 1 saturated heterocycles. The minimum Gasteiger partial charge on any atom is -0.337 e. The molecule has 21 heavy (non-hydrogen) atoms. The predicted molar refractivity (Wildman–Crippen MR) is 75.8 cm³/mol. The van der Waals surface area contributed by atoms with E-state index in [1.165, 1.54) is 6.07 Å². The molecule has 114 valence electrons.